The van der Waals surface area contributed by atoms with E-state index in [0.717, 1.165) is 6.26 Å². The van der Waals surface area contributed by atoms with Crippen LogP contribution in [0.15, 0.2) is 29.6 Å². The molecular formula is C13H12F2O3S2. The molecule has 0 N–H and O–H groups in total. The molecule has 0 amide bonds. The maximum atomic E-state index is 12.9. The maximum absolute atomic E-state index is 12.9. The molecule has 0 aliphatic rings. The van der Waals surface area contributed by atoms with Crippen molar-refractivity contribution in [1.82, 2.24) is 0 Å². The lowest BCUT2D eigenvalue weighted by molar-refractivity contribution is 0.310. The van der Waals surface area contributed by atoms with Crippen LogP contribution in [-0.4, -0.2) is 14.7 Å². The lowest BCUT2D eigenvalue weighted by Crippen LogP contribution is -2.04. The van der Waals surface area contributed by atoms with Gasteiger partial charge in [-0.3, -0.25) is 4.18 Å². The summed E-state index contributed by atoms with van der Waals surface area (Å²) in [6, 6.07) is 5.71. The van der Waals surface area contributed by atoms with Gasteiger partial charge in [0.25, 0.3) is 10.1 Å². The molecule has 1 aromatic heterocycles. The van der Waals surface area contributed by atoms with Gasteiger partial charge in [-0.05, 0) is 28.6 Å². The first kappa shape index (κ1) is 15.1. The Balaban J connectivity index is 2.38. The van der Waals surface area contributed by atoms with Crippen LogP contribution in [0.25, 0.3) is 11.1 Å². The Morgan fingerprint density at radius 3 is 2.45 bits per heavy atom. The molecule has 1 aromatic carbocycles. The second kappa shape index (κ2) is 5.99. The minimum Gasteiger partial charge on any atom is -0.265 e. The molecular weight excluding hydrogens is 306 g/mol. The highest BCUT2D eigenvalue weighted by Gasteiger charge is 2.15. The first-order valence-electron chi connectivity index (χ1n) is 5.66. The Bertz CT molecular complexity index is 691. The third kappa shape index (κ3) is 3.62. The van der Waals surface area contributed by atoms with Crippen LogP contribution in [0.4, 0.5) is 8.78 Å². The molecule has 0 radical (unpaired) electrons. The average Bonchev–Trinajstić information content (AvgIpc) is 2.79. The Morgan fingerprint density at radius 2 is 1.90 bits per heavy atom. The zero-order chi connectivity index (χ0) is 14.8. The largest absolute Gasteiger partial charge is 0.265 e. The minimum atomic E-state index is -3.61. The Morgan fingerprint density at radius 1 is 1.25 bits per heavy atom. The zero-order valence-corrected chi connectivity index (χ0v) is 12.2. The van der Waals surface area contributed by atoms with Crippen molar-refractivity contribution < 1.29 is 21.4 Å². The van der Waals surface area contributed by atoms with Crippen molar-refractivity contribution in [2.24, 2.45) is 0 Å². The van der Waals surface area contributed by atoms with Gasteiger partial charge in [-0.2, -0.15) is 8.42 Å². The van der Waals surface area contributed by atoms with Crippen molar-refractivity contribution in [3.05, 3.63) is 45.9 Å². The SMILES string of the molecule is CS(=O)(=O)OCc1c(-c2ccc(F)cc2)csc1CF. The molecule has 7 heteroatoms. The van der Waals surface area contributed by atoms with E-state index in [-0.39, 0.29) is 12.4 Å². The van der Waals surface area contributed by atoms with Crippen molar-refractivity contribution >= 4 is 21.5 Å². The molecule has 20 heavy (non-hydrogen) atoms. The van der Waals surface area contributed by atoms with Gasteiger partial charge in [0.1, 0.15) is 12.5 Å². The smallest absolute Gasteiger partial charge is 0.264 e. The van der Waals surface area contributed by atoms with Crippen LogP contribution in [0, 0.1) is 5.82 Å². The molecule has 2 rings (SSSR count). The summed E-state index contributed by atoms with van der Waals surface area (Å²) in [6.07, 6.45) is 0.937. The highest BCUT2D eigenvalue weighted by atomic mass is 32.2. The summed E-state index contributed by atoms with van der Waals surface area (Å²) in [5.74, 6) is -0.372. The quantitative estimate of drug-likeness (QED) is 0.793. The number of halogens is 2. The first-order valence-corrected chi connectivity index (χ1v) is 8.36. The van der Waals surface area contributed by atoms with Gasteiger partial charge in [0.05, 0.1) is 12.9 Å². The fraction of sp³-hybridized carbons (Fsp3) is 0.231. The van der Waals surface area contributed by atoms with Gasteiger partial charge >= 0.3 is 0 Å². The van der Waals surface area contributed by atoms with E-state index < -0.39 is 16.8 Å². The van der Waals surface area contributed by atoms with Crippen molar-refractivity contribution in [1.29, 1.82) is 0 Å². The van der Waals surface area contributed by atoms with E-state index in [1.807, 2.05) is 0 Å². The Hall–Kier alpha value is -1.31. The molecule has 0 fully saturated rings. The van der Waals surface area contributed by atoms with Crippen molar-refractivity contribution in [2.75, 3.05) is 6.26 Å². The van der Waals surface area contributed by atoms with Crippen molar-refractivity contribution in [2.45, 2.75) is 13.3 Å². The fourth-order valence-corrected chi connectivity index (χ4v) is 2.98. The van der Waals surface area contributed by atoms with Crippen molar-refractivity contribution in [3.63, 3.8) is 0 Å². The first-order chi connectivity index (χ1) is 9.40. The highest BCUT2D eigenvalue weighted by molar-refractivity contribution is 7.85. The number of benzene rings is 1. The van der Waals surface area contributed by atoms with Gasteiger partial charge in [-0.25, -0.2) is 8.78 Å². The van der Waals surface area contributed by atoms with Crippen LogP contribution in [-0.2, 0) is 27.6 Å². The van der Waals surface area contributed by atoms with Crippen LogP contribution in [0.1, 0.15) is 10.4 Å². The topological polar surface area (TPSA) is 43.4 Å². The molecule has 0 spiro atoms. The monoisotopic (exact) mass is 318 g/mol. The van der Waals surface area contributed by atoms with E-state index >= 15 is 0 Å². The van der Waals surface area contributed by atoms with E-state index in [2.05, 4.69) is 0 Å². The molecule has 0 unspecified atom stereocenters. The number of rotatable bonds is 5. The summed E-state index contributed by atoms with van der Waals surface area (Å²) >= 11 is 1.18. The lowest BCUT2D eigenvalue weighted by Gasteiger charge is -2.06. The maximum Gasteiger partial charge on any atom is 0.264 e. The van der Waals surface area contributed by atoms with Gasteiger partial charge in [0.15, 0.2) is 0 Å². The third-order valence-corrected chi connectivity index (χ3v) is 4.21. The number of alkyl halides is 1. The van der Waals surface area contributed by atoms with E-state index in [1.54, 1.807) is 17.5 Å². The summed E-state index contributed by atoms with van der Waals surface area (Å²) in [7, 11) is -3.61. The summed E-state index contributed by atoms with van der Waals surface area (Å²) < 4.78 is 52.7. The fourth-order valence-electron chi connectivity index (χ4n) is 1.73. The van der Waals surface area contributed by atoms with Gasteiger partial charge in [-0.1, -0.05) is 12.1 Å². The molecule has 0 saturated heterocycles. The van der Waals surface area contributed by atoms with Crippen LogP contribution in [0.3, 0.4) is 0 Å². The van der Waals surface area contributed by atoms with Gasteiger partial charge < -0.3 is 0 Å². The van der Waals surface area contributed by atoms with Gasteiger partial charge in [0, 0.05) is 10.4 Å². The highest BCUT2D eigenvalue weighted by Crippen LogP contribution is 2.33. The molecule has 0 aliphatic heterocycles. The second-order valence-electron chi connectivity index (χ2n) is 4.16. The van der Waals surface area contributed by atoms with Crippen LogP contribution < -0.4 is 0 Å². The number of thiophene rings is 1. The zero-order valence-electron chi connectivity index (χ0n) is 10.6. The van der Waals surface area contributed by atoms with Crippen LogP contribution in [0.5, 0.6) is 0 Å². The van der Waals surface area contributed by atoms with Crippen LogP contribution >= 0.6 is 11.3 Å². The van der Waals surface area contributed by atoms with Gasteiger partial charge in [0.2, 0.25) is 0 Å². The molecule has 0 aliphatic carbocycles. The Kier molecular flexibility index (Phi) is 4.52. The summed E-state index contributed by atoms with van der Waals surface area (Å²) in [4.78, 5) is 0.410. The second-order valence-corrected chi connectivity index (χ2v) is 6.77. The number of hydrogen-bond donors (Lipinski definition) is 0. The molecule has 0 saturated carbocycles. The lowest BCUT2D eigenvalue weighted by atomic mass is 10.0. The Labute approximate surface area is 120 Å². The van der Waals surface area contributed by atoms with E-state index in [4.69, 9.17) is 4.18 Å². The van der Waals surface area contributed by atoms with Crippen molar-refractivity contribution in [3.8, 4) is 11.1 Å². The molecule has 0 atom stereocenters. The molecule has 2 aromatic rings. The minimum absolute atomic E-state index is 0.228. The predicted molar refractivity (Wildman–Crippen MR) is 74.2 cm³/mol. The summed E-state index contributed by atoms with van der Waals surface area (Å²) in [6.45, 7) is -0.928. The molecule has 1 heterocycles. The molecule has 3 nitrogen and oxygen atoms in total. The normalized spacial score (nSPS) is 11.8. The average molecular weight is 318 g/mol. The van der Waals surface area contributed by atoms with E-state index in [1.165, 1.54) is 23.5 Å². The summed E-state index contributed by atoms with van der Waals surface area (Å²) in [5, 5.41) is 1.71. The number of hydrogen-bond acceptors (Lipinski definition) is 4. The van der Waals surface area contributed by atoms with E-state index in [9.17, 15) is 17.2 Å². The predicted octanol–water partition coefficient (Wildman–Crippen LogP) is 3.50. The standard InChI is InChI=1S/C13H12F2O3S2/c1-20(16,17)18-7-11-12(8-19-13(11)6-14)9-2-4-10(15)5-3-9/h2-5,8H,6-7H2,1H3. The van der Waals surface area contributed by atoms with Gasteiger partial charge in [-0.15, -0.1) is 11.3 Å². The van der Waals surface area contributed by atoms with Crippen LogP contribution in [0.2, 0.25) is 0 Å². The molecule has 0 bridgehead atoms. The van der Waals surface area contributed by atoms with E-state index in [0.29, 0.717) is 21.6 Å². The summed E-state index contributed by atoms with van der Waals surface area (Å²) in [5.41, 5.74) is 1.83. The molecule has 108 valence electrons. The third-order valence-electron chi connectivity index (χ3n) is 2.67.